The van der Waals surface area contributed by atoms with Gasteiger partial charge < -0.3 is 19.2 Å². The number of aromatic nitrogens is 3. The Labute approximate surface area is 189 Å². The third kappa shape index (κ3) is 4.20. The normalized spacial score (nSPS) is 19.3. The number of hydrogen-bond acceptors (Lipinski definition) is 6. The minimum Gasteiger partial charge on any atom is -0.488 e. The van der Waals surface area contributed by atoms with Crippen molar-refractivity contribution >= 4 is 23.6 Å². The molecule has 0 amide bonds. The predicted molar refractivity (Wildman–Crippen MR) is 116 cm³/mol. The highest BCUT2D eigenvalue weighted by atomic mass is 19.3. The van der Waals surface area contributed by atoms with Crippen LogP contribution in [-0.4, -0.2) is 44.6 Å². The molecule has 0 radical (unpaired) electrons. The van der Waals surface area contributed by atoms with Crippen LogP contribution in [0.4, 0.5) is 13.2 Å². The molecule has 0 aliphatic carbocycles. The van der Waals surface area contributed by atoms with Gasteiger partial charge in [0.2, 0.25) is 0 Å². The zero-order valence-corrected chi connectivity index (χ0v) is 19.0. The fourth-order valence-electron chi connectivity index (χ4n) is 3.60. The van der Waals surface area contributed by atoms with E-state index in [0.29, 0.717) is 10.0 Å². The zero-order chi connectivity index (χ0) is 24.2. The molecule has 4 rings (SSSR count). The van der Waals surface area contributed by atoms with Gasteiger partial charge in [0.1, 0.15) is 41.3 Å². The molecule has 0 saturated carbocycles. The van der Waals surface area contributed by atoms with E-state index in [-0.39, 0.29) is 22.5 Å². The van der Waals surface area contributed by atoms with Gasteiger partial charge in [0, 0.05) is 6.20 Å². The predicted octanol–water partition coefficient (Wildman–Crippen LogP) is 3.55. The summed E-state index contributed by atoms with van der Waals surface area (Å²) < 4.78 is 60.0. The van der Waals surface area contributed by atoms with Crippen molar-refractivity contribution in [2.24, 2.45) is 0 Å². The third-order valence-corrected chi connectivity index (χ3v) is 6.17. The van der Waals surface area contributed by atoms with Crippen LogP contribution < -0.4 is 10.2 Å². The number of halogens is 3. The lowest BCUT2D eigenvalue weighted by Gasteiger charge is -2.32. The van der Waals surface area contributed by atoms with Gasteiger partial charge >= 0.3 is 13.7 Å². The van der Waals surface area contributed by atoms with E-state index >= 15 is 0 Å². The van der Waals surface area contributed by atoms with E-state index in [4.69, 9.17) is 14.0 Å². The molecule has 2 aromatic heterocycles. The summed E-state index contributed by atoms with van der Waals surface area (Å²) in [5.41, 5.74) is -2.49. The van der Waals surface area contributed by atoms with Crippen molar-refractivity contribution in [1.29, 1.82) is 0 Å². The van der Waals surface area contributed by atoms with E-state index in [1.54, 1.807) is 6.07 Å². The Balaban J connectivity index is 1.73. The fourth-order valence-corrected chi connectivity index (χ4v) is 3.60. The summed E-state index contributed by atoms with van der Waals surface area (Å²) in [6.45, 7) is 5.60. The molecule has 0 bridgehead atoms. The molecule has 1 aromatic carbocycles. The third-order valence-electron chi connectivity index (χ3n) is 6.17. The summed E-state index contributed by atoms with van der Waals surface area (Å²) >= 11 is 0. The van der Waals surface area contributed by atoms with Crippen LogP contribution in [0.25, 0.3) is 11.0 Å². The molecule has 1 fully saturated rings. The second-order valence-electron chi connectivity index (χ2n) is 9.30. The Hall–Kier alpha value is -2.63. The number of hydrogen-bond donors (Lipinski definition) is 1. The summed E-state index contributed by atoms with van der Waals surface area (Å²) in [5.74, 6) is -0.688. The van der Waals surface area contributed by atoms with E-state index in [1.807, 2.05) is 27.7 Å². The Kier molecular flexibility index (Phi) is 5.70. The van der Waals surface area contributed by atoms with Crippen LogP contribution in [0.5, 0.6) is 5.75 Å². The van der Waals surface area contributed by atoms with E-state index < -0.39 is 42.9 Å². The van der Waals surface area contributed by atoms with E-state index in [0.717, 1.165) is 6.33 Å². The van der Waals surface area contributed by atoms with Crippen molar-refractivity contribution in [1.82, 2.24) is 14.5 Å². The Bertz CT molecular complexity index is 1170. The van der Waals surface area contributed by atoms with Gasteiger partial charge in [-0.05, 0) is 64.3 Å². The second-order valence-corrected chi connectivity index (χ2v) is 9.30. The highest BCUT2D eigenvalue weighted by Gasteiger charge is 2.52. The minimum absolute atomic E-state index is 0.0200. The number of aliphatic hydroxyl groups is 1. The first kappa shape index (κ1) is 23.5. The van der Waals surface area contributed by atoms with Gasteiger partial charge in [-0.15, -0.1) is 0 Å². The van der Waals surface area contributed by atoms with Crippen molar-refractivity contribution in [3.05, 3.63) is 48.3 Å². The van der Waals surface area contributed by atoms with Crippen molar-refractivity contribution < 1.29 is 32.3 Å². The van der Waals surface area contributed by atoms with Gasteiger partial charge in [-0.3, -0.25) is 9.55 Å². The lowest BCUT2D eigenvalue weighted by atomic mass is 9.79. The quantitative estimate of drug-likeness (QED) is 0.564. The first-order valence-corrected chi connectivity index (χ1v) is 10.4. The molecule has 11 heteroatoms. The molecule has 3 heterocycles. The van der Waals surface area contributed by atoms with Gasteiger partial charge in [0.15, 0.2) is 0 Å². The minimum atomic E-state index is -2.87. The number of fused-ring (bicyclic) bond motifs is 1. The van der Waals surface area contributed by atoms with Crippen LogP contribution in [0.1, 0.15) is 46.9 Å². The number of imidazole rings is 1. The number of ether oxygens (including phenoxy) is 1. The van der Waals surface area contributed by atoms with E-state index in [9.17, 15) is 18.3 Å². The average Bonchev–Trinajstić information content (AvgIpc) is 3.24. The molecule has 33 heavy (non-hydrogen) atoms. The summed E-state index contributed by atoms with van der Waals surface area (Å²) in [5, 5.41) is 10.8. The summed E-state index contributed by atoms with van der Waals surface area (Å²) in [7, 11) is -0.785. The molecule has 7 nitrogen and oxygen atoms in total. The fraction of sp³-hybridized carbons (Fsp3) is 0.455. The van der Waals surface area contributed by atoms with Crippen molar-refractivity contribution in [3.8, 4) is 5.75 Å². The largest absolute Gasteiger partial charge is 0.495 e. The van der Waals surface area contributed by atoms with E-state index in [1.165, 1.54) is 31.3 Å². The van der Waals surface area contributed by atoms with Gasteiger partial charge in [-0.2, -0.15) is 8.78 Å². The van der Waals surface area contributed by atoms with Crippen LogP contribution in [0.15, 0.2) is 36.8 Å². The zero-order valence-electron chi connectivity index (χ0n) is 19.0. The summed E-state index contributed by atoms with van der Waals surface area (Å²) in [4.78, 5) is 7.97. The first-order valence-electron chi connectivity index (χ1n) is 10.4. The van der Waals surface area contributed by atoms with Crippen molar-refractivity contribution in [2.75, 3.05) is 6.61 Å². The number of nitrogens with zero attached hydrogens (tertiary/aromatic N) is 3. The van der Waals surface area contributed by atoms with Crippen molar-refractivity contribution in [2.45, 2.75) is 58.0 Å². The van der Waals surface area contributed by atoms with Crippen LogP contribution in [0.3, 0.4) is 0 Å². The molecule has 1 unspecified atom stereocenters. The SMILES string of the molecule is CC(O)(COc1cc(B2OC(C)(C)C(C)(C)O2)cc2ncn(C(F)F)c12)c1ncccc1F. The molecule has 3 aromatic rings. The molecule has 1 N–H and O–H groups in total. The monoisotopic (exact) mass is 463 g/mol. The maximum Gasteiger partial charge on any atom is 0.495 e. The molecule has 0 spiro atoms. The van der Waals surface area contributed by atoms with Crippen molar-refractivity contribution in [3.63, 3.8) is 0 Å². The summed E-state index contributed by atoms with van der Waals surface area (Å²) in [6.07, 6.45) is 2.35. The Morgan fingerprint density at radius 3 is 2.45 bits per heavy atom. The van der Waals surface area contributed by atoms with Crippen LogP contribution in [0.2, 0.25) is 0 Å². The molecule has 176 valence electrons. The average molecular weight is 463 g/mol. The number of alkyl halides is 2. The highest BCUT2D eigenvalue weighted by Crippen LogP contribution is 2.37. The van der Waals surface area contributed by atoms with Crippen LogP contribution >= 0.6 is 0 Å². The van der Waals surface area contributed by atoms with Gasteiger partial charge in [-0.1, -0.05) is 0 Å². The number of pyridine rings is 1. The summed E-state index contributed by atoms with van der Waals surface area (Å²) in [6, 6.07) is 5.67. The number of rotatable bonds is 6. The number of benzene rings is 1. The lowest BCUT2D eigenvalue weighted by Crippen LogP contribution is -2.41. The van der Waals surface area contributed by atoms with Gasteiger partial charge in [0.05, 0.1) is 16.7 Å². The Morgan fingerprint density at radius 2 is 1.85 bits per heavy atom. The highest BCUT2D eigenvalue weighted by molar-refractivity contribution is 6.62. The lowest BCUT2D eigenvalue weighted by molar-refractivity contribution is 0.000906. The standard InChI is InChI=1S/C22H25BF3N3O4/c1-20(2)21(3,4)33-23(32-20)13-9-15-17(29(12-28-15)19(25)26)16(10-13)31-11-22(5,30)18-14(24)7-6-8-27-18/h6-10,12,19,30H,11H2,1-5H3. The van der Waals surface area contributed by atoms with Gasteiger partial charge in [-0.25, -0.2) is 9.37 Å². The first-order chi connectivity index (χ1) is 15.3. The van der Waals surface area contributed by atoms with Crippen LogP contribution in [0, 0.1) is 5.82 Å². The second kappa shape index (κ2) is 8.00. The maximum atomic E-state index is 14.2. The smallest absolute Gasteiger partial charge is 0.488 e. The molecule has 1 atom stereocenters. The Morgan fingerprint density at radius 1 is 1.18 bits per heavy atom. The molecule has 1 aliphatic rings. The molecule has 1 saturated heterocycles. The molecule has 1 aliphatic heterocycles. The van der Waals surface area contributed by atoms with Gasteiger partial charge in [0.25, 0.3) is 0 Å². The molecular formula is C22H25BF3N3O4. The topological polar surface area (TPSA) is 78.6 Å². The van der Waals surface area contributed by atoms with Crippen LogP contribution in [-0.2, 0) is 14.9 Å². The maximum absolute atomic E-state index is 14.2. The molecular weight excluding hydrogens is 438 g/mol. The van der Waals surface area contributed by atoms with E-state index in [2.05, 4.69) is 9.97 Å².